The first-order chi connectivity index (χ1) is 7.76. The highest BCUT2D eigenvalue weighted by molar-refractivity contribution is 9.09. The average Bonchev–Trinajstić information content (AvgIpc) is 2.74. The summed E-state index contributed by atoms with van der Waals surface area (Å²) < 4.78 is 2.00. The second-order valence-corrected chi connectivity index (χ2v) is 5.70. The Labute approximate surface area is 107 Å². The van der Waals surface area contributed by atoms with E-state index in [2.05, 4.69) is 27.1 Å². The highest BCUT2D eigenvalue weighted by Gasteiger charge is 2.30. The van der Waals surface area contributed by atoms with E-state index in [4.69, 9.17) is 0 Å². The Morgan fingerprint density at radius 1 is 1.38 bits per heavy atom. The SMILES string of the molecule is Cn1nccc1CCC1(CBr)CCCCC1. The number of aromatic nitrogens is 2. The van der Waals surface area contributed by atoms with Gasteiger partial charge in [-0.1, -0.05) is 35.2 Å². The Balaban J connectivity index is 1.94. The molecule has 0 N–H and O–H groups in total. The maximum Gasteiger partial charge on any atom is 0.0492 e. The molecule has 0 aromatic carbocycles. The molecule has 3 heteroatoms. The lowest BCUT2D eigenvalue weighted by atomic mass is 9.72. The van der Waals surface area contributed by atoms with Gasteiger partial charge in [0.2, 0.25) is 0 Å². The second kappa shape index (κ2) is 5.35. The van der Waals surface area contributed by atoms with E-state index in [-0.39, 0.29) is 0 Å². The number of hydrogen-bond donors (Lipinski definition) is 0. The van der Waals surface area contributed by atoms with Gasteiger partial charge in [-0.25, -0.2) is 0 Å². The van der Waals surface area contributed by atoms with E-state index < -0.39 is 0 Å². The van der Waals surface area contributed by atoms with Crippen LogP contribution in [0.2, 0.25) is 0 Å². The third-order valence-corrected chi connectivity index (χ3v) is 5.22. The largest absolute Gasteiger partial charge is 0.273 e. The molecule has 0 atom stereocenters. The van der Waals surface area contributed by atoms with Crippen LogP contribution in [0, 0.1) is 5.41 Å². The molecular weight excluding hydrogens is 264 g/mol. The highest BCUT2D eigenvalue weighted by Crippen LogP contribution is 2.41. The van der Waals surface area contributed by atoms with Crippen molar-refractivity contribution in [1.29, 1.82) is 0 Å². The molecule has 0 unspecified atom stereocenters. The van der Waals surface area contributed by atoms with E-state index in [0.717, 1.165) is 5.33 Å². The number of nitrogens with zero attached hydrogens (tertiary/aromatic N) is 2. The molecule has 1 aromatic heterocycles. The lowest BCUT2D eigenvalue weighted by Gasteiger charge is -2.35. The molecule has 2 rings (SSSR count). The molecule has 0 radical (unpaired) electrons. The van der Waals surface area contributed by atoms with E-state index in [1.165, 1.54) is 50.6 Å². The molecule has 2 nitrogen and oxygen atoms in total. The molecule has 1 saturated carbocycles. The van der Waals surface area contributed by atoms with E-state index >= 15 is 0 Å². The summed E-state index contributed by atoms with van der Waals surface area (Å²) in [5, 5.41) is 5.40. The van der Waals surface area contributed by atoms with Crippen LogP contribution >= 0.6 is 15.9 Å². The molecule has 1 aliphatic rings. The number of aryl methyl sites for hydroxylation is 2. The van der Waals surface area contributed by atoms with Gasteiger partial charge in [-0.15, -0.1) is 0 Å². The molecule has 0 bridgehead atoms. The predicted octanol–water partition coefficient (Wildman–Crippen LogP) is 3.70. The maximum atomic E-state index is 4.23. The van der Waals surface area contributed by atoms with E-state index in [1.807, 2.05) is 17.9 Å². The molecule has 0 saturated heterocycles. The predicted molar refractivity (Wildman–Crippen MR) is 70.8 cm³/mol. The molecule has 1 fully saturated rings. The van der Waals surface area contributed by atoms with Crippen molar-refractivity contribution in [3.05, 3.63) is 18.0 Å². The second-order valence-electron chi connectivity index (χ2n) is 5.14. The van der Waals surface area contributed by atoms with Crippen LogP contribution in [0.15, 0.2) is 12.3 Å². The number of halogens is 1. The van der Waals surface area contributed by atoms with E-state index in [9.17, 15) is 0 Å². The summed E-state index contributed by atoms with van der Waals surface area (Å²) in [5.41, 5.74) is 1.92. The zero-order valence-electron chi connectivity index (χ0n) is 10.1. The van der Waals surface area contributed by atoms with Gasteiger partial charge in [-0.2, -0.15) is 5.10 Å². The smallest absolute Gasteiger partial charge is 0.0492 e. The van der Waals surface area contributed by atoms with Crippen molar-refractivity contribution in [2.24, 2.45) is 12.5 Å². The van der Waals surface area contributed by atoms with Crippen molar-refractivity contribution < 1.29 is 0 Å². The van der Waals surface area contributed by atoms with Gasteiger partial charge in [0.15, 0.2) is 0 Å². The summed E-state index contributed by atoms with van der Waals surface area (Å²) in [6.45, 7) is 0. The van der Waals surface area contributed by atoms with Crippen molar-refractivity contribution >= 4 is 15.9 Å². The Hall–Kier alpha value is -0.310. The standard InChI is InChI=1S/C13H21BrN2/c1-16-12(6-10-15-16)5-9-13(11-14)7-3-2-4-8-13/h6,10H,2-5,7-9,11H2,1H3. The van der Waals surface area contributed by atoms with Crippen molar-refractivity contribution in [1.82, 2.24) is 9.78 Å². The van der Waals surface area contributed by atoms with Crippen LogP contribution < -0.4 is 0 Å². The average molecular weight is 285 g/mol. The Morgan fingerprint density at radius 2 is 2.12 bits per heavy atom. The topological polar surface area (TPSA) is 17.8 Å². The van der Waals surface area contributed by atoms with Crippen LogP contribution in [0.4, 0.5) is 0 Å². The van der Waals surface area contributed by atoms with Gasteiger partial charge >= 0.3 is 0 Å². The Kier molecular flexibility index (Phi) is 4.06. The minimum absolute atomic E-state index is 0.558. The van der Waals surface area contributed by atoms with Gasteiger partial charge in [-0.3, -0.25) is 4.68 Å². The van der Waals surface area contributed by atoms with Crippen LogP contribution in [0.25, 0.3) is 0 Å². The number of alkyl halides is 1. The first kappa shape index (κ1) is 12.2. The van der Waals surface area contributed by atoms with Gasteiger partial charge < -0.3 is 0 Å². The molecule has 1 heterocycles. The fraction of sp³-hybridized carbons (Fsp3) is 0.769. The third-order valence-electron chi connectivity index (χ3n) is 4.03. The molecule has 16 heavy (non-hydrogen) atoms. The molecule has 0 aliphatic heterocycles. The van der Waals surface area contributed by atoms with Gasteiger partial charge in [0.25, 0.3) is 0 Å². The summed E-state index contributed by atoms with van der Waals surface area (Å²) in [6.07, 6.45) is 11.4. The van der Waals surface area contributed by atoms with Crippen molar-refractivity contribution in [3.63, 3.8) is 0 Å². The zero-order valence-corrected chi connectivity index (χ0v) is 11.7. The maximum absolute atomic E-state index is 4.23. The number of hydrogen-bond acceptors (Lipinski definition) is 1. The van der Waals surface area contributed by atoms with Crippen molar-refractivity contribution in [2.75, 3.05) is 5.33 Å². The quantitative estimate of drug-likeness (QED) is 0.771. The van der Waals surface area contributed by atoms with Crippen molar-refractivity contribution in [3.8, 4) is 0 Å². The monoisotopic (exact) mass is 284 g/mol. The Bertz CT molecular complexity index is 326. The summed E-state index contributed by atoms with van der Waals surface area (Å²) in [4.78, 5) is 0. The zero-order chi connectivity index (χ0) is 11.4. The summed E-state index contributed by atoms with van der Waals surface area (Å²) in [7, 11) is 2.04. The lowest BCUT2D eigenvalue weighted by Crippen LogP contribution is -2.26. The van der Waals surface area contributed by atoms with Gasteiger partial charge in [0, 0.05) is 24.3 Å². The van der Waals surface area contributed by atoms with Crippen LogP contribution in [-0.4, -0.2) is 15.1 Å². The first-order valence-corrected chi connectivity index (χ1v) is 7.41. The lowest BCUT2D eigenvalue weighted by molar-refractivity contribution is 0.206. The van der Waals surface area contributed by atoms with E-state index in [1.54, 1.807) is 0 Å². The fourth-order valence-corrected chi connectivity index (χ4v) is 3.63. The summed E-state index contributed by atoms with van der Waals surface area (Å²) in [6, 6.07) is 2.14. The van der Waals surface area contributed by atoms with Gasteiger partial charge in [-0.05, 0) is 37.2 Å². The Morgan fingerprint density at radius 3 is 2.69 bits per heavy atom. The third kappa shape index (κ3) is 2.68. The molecular formula is C13H21BrN2. The fourth-order valence-electron chi connectivity index (χ4n) is 2.79. The van der Waals surface area contributed by atoms with Crippen LogP contribution in [0.5, 0.6) is 0 Å². The molecule has 0 amide bonds. The summed E-state index contributed by atoms with van der Waals surface area (Å²) in [5.74, 6) is 0. The number of rotatable bonds is 4. The van der Waals surface area contributed by atoms with Crippen molar-refractivity contribution in [2.45, 2.75) is 44.9 Å². The van der Waals surface area contributed by atoms with Gasteiger partial charge in [0.1, 0.15) is 0 Å². The molecule has 90 valence electrons. The van der Waals surface area contributed by atoms with Crippen LogP contribution in [0.1, 0.15) is 44.2 Å². The van der Waals surface area contributed by atoms with E-state index in [0.29, 0.717) is 5.41 Å². The molecule has 1 aromatic rings. The van der Waals surface area contributed by atoms with Crippen LogP contribution in [-0.2, 0) is 13.5 Å². The highest BCUT2D eigenvalue weighted by atomic mass is 79.9. The molecule has 0 spiro atoms. The van der Waals surface area contributed by atoms with Gasteiger partial charge in [0.05, 0.1) is 0 Å². The minimum Gasteiger partial charge on any atom is -0.273 e. The minimum atomic E-state index is 0.558. The van der Waals surface area contributed by atoms with Crippen LogP contribution in [0.3, 0.4) is 0 Å². The summed E-state index contributed by atoms with van der Waals surface area (Å²) >= 11 is 3.73. The first-order valence-electron chi connectivity index (χ1n) is 6.29. The normalized spacial score (nSPS) is 19.9. The molecule has 1 aliphatic carbocycles.